The van der Waals surface area contributed by atoms with Crippen LogP contribution in [0, 0.1) is 5.92 Å². The van der Waals surface area contributed by atoms with E-state index >= 15 is 0 Å². The smallest absolute Gasteiger partial charge is 0.261 e. The van der Waals surface area contributed by atoms with E-state index < -0.39 is 0 Å². The van der Waals surface area contributed by atoms with E-state index in [0.29, 0.717) is 16.5 Å². The van der Waals surface area contributed by atoms with Crippen LogP contribution in [0.15, 0.2) is 23.1 Å². The fourth-order valence-electron chi connectivity index (χ4n) is 1.91. The molecule has 2 aromatic heterocycles. The van der Waals surface area contributed by atoms with E-state index in [-0.39, 0.29) is 11.6 Å². The van der Waals surface area contributed by atoms with Crippen molar-refractivity contribution < 1.29 is 0 Å². The van der Waals surface area contributed by atoms with Crippen molar-refractivity contribution in [2.45, 2.75) is 40.2 Å². The molecule has 0 aliphatic carbocycles. The second-order valence-corrected chi connectivity index (χ2v) is 6.56. The van der Waals surface area contributed by atoms with Crippen LogP contribution in [0.5, 0.6) is 0 Å². The topological polar surface area (TPSA) is 59.8 Å². The minimum atomic E-state index is -0.00147. The highest BCUT2D eigenvalue weighted by Crippen LogP contribution is 2.24. The first kappa shape index (κ1) is 15.7. The molecule has 114 valence electrons. The summed E-state index contributed by atoms with van der Waals surface area (Å²) in [5, 5.41) is 12.9. The molecule has 0 aliphatic rings. The maximum Gasteiger partial charge on any atom is 0.261 e. The molecule has 2 aromatic rings. The Hall–Kier alpha value is -1.69. The first-order chi connectivity index (χ1) is 10.0. The van der Waals surface area contributed by atoms with Crippen LogP contribution in [0.25, 0.3) is 10.6 Å². The molecule has 0 aromatic carbocycles. The van der Waals surface area contributed by atoms with Gasteiger partial charge in [-0.1, -0.05) is 32.1 Å². The number of hydrogen-bond acceptors (Lipinski definition) is 5. The zero-order chi connectivity index (χ0) is 15.4. The number of rotatable bonds is 6. The van der Waals surface area contributed by atoms with Crippen molar-refractivity contribution >= 4 is 16.5 Å². The molecule has 0 bridgehead atoms. The summed E-state index contributed by atoms with van der Waals surface area (Å²) < 4.78 is 1.76. The van der Waals surface area contributed by atoms with Gasteiger partial charge in [0.25, 0.3) is 5.56 Å². The van der Waals surface area contributed by atoms with Gasteiger partial charge in [0.15, 0.2) is 5.01 Å². The average molecular weight is 306 g/mol. The van der Waals surface area contributed by atoms with E-state index in [1.165, 1.54) is 11.3 Å². The molecule has 0 aliphatic heterocycles. The summed E-state index contributed by atoms with van der Waals surface area (Å²) in [5.41, 5.74) is 0.617. The number of anilines is 1. The summed E-state index contributed by atoms with van der Waals surface area (Å²) in [6, 6.07) is 3.89. The minimum absolute atomic E-state index is 0.00147. The molecule has 0 fully saturated rings. The van der Waals surface area contributed by atoms with Crippen molar-refractivity contribution in [1.29, 1.82) is 0 Å². The summed E-state index contributed by atoms with van der Waals surface area (Å²) in [6.07, 6.45) is 2.75. The van der Waals surface area contributed by atoms with Gasteiger partial charge in [0, 0.05) is 18.8 Å². The molecule has 0 radical (unpaired) electrons. The molecular weight excluding hydrogens is 284 g/mol. The summed E-state index contributed by atoms with van der Waals surface area (Å²) >= 11 is 1.42. The SMILES string of the molecule is CCC(C)n1cccc(-c2nnc(NCC(C)C)s2)c1=O. The third kappa shape index (κ3) is 3.69. The molecule has 0 spiro atoms. The maximum absolute atomic E-state index is 12.5. The van der Waals surface area contributed by atoms with Crippen LogP contribution in [0.3, 0.4) is 0 Å². The van der Waals surface area contributed by atoms with Crippen molar-refractivity contribution in [1.82, 2.24) is 14.8 Å². The van der Waals surface area contributed by atoms with Gasteiger partial charge >= 0.3 is 0 Å². The molecule has 2 rings (SSSR count). The van der Waals surface area contributed by atoms with Crippen LogP contribution in [0.4, 0.5) is 5.13 Å². The second-order valence-electron chi connectivity index (χ2n) is 5.58. The summed E-state index contributed by atoms with van der Waals surface area (Å²) in [7, 11) is 0. The number of nitrogens with one attached hydrogen (secondary N) is 1. The minimum Gasteiger partial charge on any atom is -0.360 e. The normalized spacial score (nSPS) is 12.6. The highest BCUT2D eigenvalue weighted by atomic mass is 32.1. The summed E-state index contributed by atoms with van der Waals surface area (Å²) in [5.74, 6) is 0.539. The lowest BCUT2D eigenvalue weighted by Gasteiger charge is -2.13. The summed E-state index contributed by atoms with van der Waals surface area (Å²) in [4.78, 5) is 12.5. The van der Waals surface area contributed by atoms with E-state index in [0.717, 1.165) is 18.1 Å². The van der Waals surface area contributed by atoms with E-state index in [2.05, 4.69) is 36.3 Å². The third-order valence-corrected chi connectivity index (χ3v) is 4.27. The van der Waals surface area contributed by atoms with Gasteiger partial charge in [0.1, 0.15) is 0 Å². The highest BCUT2D eigenvalue weighted by Gasteiger charge is 2.13. The van der Waals surface area contributed by atoms with E-state index in [1.807, 2.05) is 25.3 Å². The fourth-order valence-corrected chi connectivity index (χ4v) is 2.68. The van der Waals surface area contributed by atoms with Crippen LogP contribution in [0.2, 0.25) is 0 Å². The zero-order valence-electron chi connectivity index (χ0n) is 13.0. The Kier molecular flexibility index (Phi) is 5.12. The number of aromatic nitrogens is 3. The van der Waals surface area contributed by atoms with Gasteiger partial charge in [-0.2, -0.15) is 0 Å². The molecule has 21 heavy (non-hydrogen) atoms. The zero-order valence-corrected chi connectivity index (χ0v) is 13.8. The molecule has 1 atom stereocenters. The lowest BCUT2D eigenvalue weighted by molar-refractivity contribution is 0.515. The van der Waals surface area contributed by atoms with Crippen molar-refractivity contribution in [3.63, 3.8) is 0 Å². The quantitative estimate of drug-likeness (QED) is 0.888. The summed E-state index contributed by atoms with van der Waals surface area (Å²) in [6.45, 7) is 9.23. The third-order valence-electron chi connectivity index (χ3n) is 3.36. The van der Waals surface area contributed by atoms with Crippen molar-refractivity contribution in [3.8, 4) is 10.6 Å². The van der Waals surface area contributed by atoms with Crippen LogP contribution in [-0.2, 0) is 0 Å². The molecular formula is C15H22N4OS. The Morgan fingerprint density at radius 3 is 2.76 bits per heavy atom. The van der Waals surface area contributed by atoms with Gasteiger partial charge in [-0.15, -0.1) is 10.2 Å². The number of pyridine rings is 1. The second kappa shape index (κ2) is 6.85. The van der Waals surface area contributed by atoms with Gasteiger partial charge in [-0.05, 0) is 31.4 Å². The Morgan fingerprint density at radius 1 is 1.33 bits per heavy atom. The lowest BCUT2D eigenvalue weighted by Crippen LogP contribution is -2.23. The highest BCUT2D eigenvalue weighted by molar-refractivity contribution is 7.18. The van der Waals surface area contributed by atoms with Gasteiger partial charge in [0.2, 0.25) is 5.13 Å². The van der Waals surface area contributed by atoms with Crippen LogP contribution in [0.1, 0.15) is 40.2 Å². The molecule has 0 saturated heterocycles. The molecule has 2 heterocycles. The molecule has 1 N–H and O–H groups in total. The molecule has 6 heteroatoms. The predicted octanol–water partition coefficient (Wildman–Crippen LogP) is 3.41. The molecule has 1 unspecified atom stereocenters. The number of hydrogen-bond donors (Lipinski definition) is 1. The Balaban J connectivity index is 2.28. The molecule has 5 nitrogen and oxygen atoms in total. The van der Waals surface area contributed by atoms with E-state index in [4.69, 9.17) is 0 Å². The van der Waals surface area contributed by atoms with Crippen LogP contribution < -0.4 is 10.9 Å². The van der Waals surface area contributed by atoms with Gasteiger partial charge in [-0.25, -0.2) is 0 Å². The Bertz CT molecular complexity index is 647. The monoisotopic (exact) mass is 306 g/mol. The van der Waals surface area contributed by atoms with Gasteiger partial charge in [0.05, 0.1) is 5.56 Å². The van der Waals surface area contributed by atoms with Crippen molar-refractivity contribution in [3.05, 3.63) is 28.7 Å². The predicted molar refractivity (Wildman–Crippen MR) is 87.9 cm³/mol. The molecule has 0 amide bonds. The standard InChI is InChI=1S/C15H22N4OS/c1-5-11(4)19-8-6-7-12(14(19)20)13-17-18-15(21-13)16-9-10(2)3/h6-8,10-11H,5,9H2,1-4H3,(H,16,18). The van der Waals surface area contributed by atoms with Crippen LogP contribution >= 0.6 is 11.3 Å². The fraction of sp³-hybridized carbons (Fsp3) is 0.533. The maximum atomic E-state index is 12.5. The van der Waals surface area contributed by atoms with E-state index in [1.54, 1.807) is 4.57 Å². The Labute approximate surface area is 129 Å². The molecule has 0 saturated carbocycles. The Morgan fingerprint density at radius 2 is 2.10 bits per heavy atom. The van der Waals surface area contributed by atoms with E-state index in [9.17, 15) is 4.79 Å². The average Bonchev–Trinajstić information content (AvgIpc) is 2.93. The number of nitrogens with zero attached hydrogens (tertiary/aromatic N) is 3. The largest absolute Gasteiger partial charge is 0.360 e. The van der Waals surface area contributed by atoms with Gasteiger partial charge in [-0.3, -0.25) is 4.79 Å². The first-order valence-electron chi connectivity index (χ1n) is 7.31. The van der Waals surface area contributed by atoms with Crippen molar-refractivity contribution in [2.24, 2.45) is 5.92 Å². The van der Waals surface area contributed by atoms with Crippen molar-refractivity contribution in [2.75, 3.05) is 11.9 Å². The van der Waals surface area contributed by atoms with Crippen LogP contribution in [-0.4, -0.2) is 21.3 Å². The first-order valence-corrected chi connectivity index (χ1v) is 8.13. The van der Waals surface area contributed by atoms with Gasteiger partial charge < -0.3 is 9.88 Å². The lowest BCUT2D eigenvalue weighted by atomic mass is 10.2.